The lowest BCUT2D eigenvalue weighted by Gasteiger charge is -1.87. The maximum Gasteiger partial charge on any atom is 0.149 e. The highest BCUT2D eigenvalue weighted by Gasteiger charge is 1.99. The summed E-state index contributed by atoms with van der Waals surface area (Å²) in [5.41, 5.74) is 0.866. The highest BCUT2D eigenvalue weighted by Crippen LogP contribution is 2.17. The molecule has 72 valence electrons. The summed E-state index contributed by atoms with van der Waals surface area (Å²) in [6.07, 6.45) is 1.57. The Morgan fingerprint density at radius 3 is 3.07 bits per heavy atom. The van der Waals surface area contributed by atoms with Crippen LogP contribution in [-0.2, 0) is 4.84 Å². The lowest BCUT2D eigenvalue weighted by atomic mass is 10.2. The van der Waals surface area contributed by atoms with Crippen molar-refractivity contribution >= 4 is 17.2 Å². The molecule has 0 radical (unpaired) electrons. The Bertz CT molecular complexity index is 412. The van der Waals surface area contributed by atoms with Gasteiger partial charge in [-0.2, -0.15) is 0 Å². The molecular weight excluding hydrogens is 178 g/mol. The number of hydrogen-bond donors (Lipinski definition) is 0. The molecule has 1 aromatic heterocycles. The van der Waals surface area contributed by atoms with Crippen LogP contribution in [0.1, 0.15) is 12.7 Å². The Kier molecular flexibility index (Phi) is 2.49. The second-order valence-electron chi connectivity index (χ2n) is 2.84. The summed E-state index contributed by atoms with van der Waals surface area (Å²) in [6.45, 7) is 2.45. The molecule has 0 N–H and O–H groups in total. The molecule has 2 rings (SSSR count). The van der Waals surface area contributed by atoms with E-state index in [-0.39, 0.29) is 0 Å². The Morgan fingerprint density at radius 1 is 1.43 bits per heavy atom. The fourth-order valence-corrected chi connectivity index (χ4v) is 1.23. The lowest BCUT2D eigenvalue weighted by molar-refractivity contribution is 0.160. The van der Waals surface area contributed by atoms with Gasteiger partial charge in [-0.3, -0.25) is 0 Å². The zero-order valence-corrected chi connectivity index (χ0v) is 7.93. The zero-order valence-electron chi connectivity index (χ0n) is 7.93. The molecule has 1 heterocycles. The van der Waals surface area contributed by atoms with Gasteiger partial charge in [-0.05, 0) is 19.1 Å². The fourth-order valence-electron chi connectivity index (χ4n) is 1.23. The average molecular weight is 189 g/mol. The van der Waals surface area contributed by atoms with Crippen LogP contribution in [0.4, 0.5) is 0 Å². The Balaban J connectivity index is 2.27. The first-order chi connectivity index (χ1) is 6.90. The zero-order chi connectivity index (χ0) is 9.80. The molecule has 14 heavy (non-hydrogen) atoms. The molecule has 3 nitrogen and oxygen atoms in total. The smallest absolute Gasteiger partial charge is 0.149 e. The Hall–Kier alpha value is -1.77. The molecule has 1 aromatic carbocycles. The number of benzene rings is 1. The highest BCUT2D eigenvalue weighted by atomic mass is 16.6. The third kappa shape index (κ3) is 1.76. The molecule has 0 aliphatic heterocycles. The van der Waals surface area contributed by atoms with Crippen molar-refractivity contribution < 1.29 is 9.25 Å². The number of oxime groups is 1. The van der Waals surface area contributed by atoms with Crippen LogP contribution in [0.2, 0.25) is 0 Å². The minimum absolute atomic E-state index is 0.566. The van der Waals surface area contributed by atoms with E-state index in [4.69, 9.17) is 9.25 Å². The first kappa shape index (κ1) is 8.81. The van der Waals surface area contributed by atoms with Crippen LogP contribution in [0.25, 0.3) is 11.0 Å². The first-order valence-electron chi connectivity index (χ1n) is 4.54. The standard InChI is InChI=1S/C11H11NO2/c1-2-13-12-8-10-7-9-5-3-4-6-11(9)14-10/h3-8H,2H2,1H3. The van der Waals surface area contributed by atoms with Crippen molar-refractivity contribution in [1.29, 1.82) is 0 Å². The quantitative estimate of drug-likeness (QED) is 0.549. The van der Waals surface area contributed by atoms with Gasteiger partial charge in [-0.15, -0.1) is 0 Å². The predicted molar refractivity (Wildman–Crippen MR) is 55.4 cm³/mol. The van der Waals surface area contributed by atoms with Crippen molar-refractivity contribution in [1.82, 2.24) is 0 Å². The van der Waals surface area contributed by atoms with Crippen molar-refractivity contribution in [3.8, 4) is 0 Å². The van der Waals surface area contributed by atoms with E-state index in [0.29, 0.717) is 12.4 Å². The minimum Gasteiger partial charge on any atom is -0.455 e. The van der Waals surface area contributed by atoms with Crippen molar-refractivity contribution in [2.45, 2.75) is 6.92 Å². The van der Waals surface area contributed by atoms with Gasteiger partial charge in [0.1, 0.15) is 24.2 Å². The Morgan fingerprint density at radius 2 is 2.29 bits per heavy atom. The number of hydrogen-bond acceptors (Lipinski definition) is 3. The third-order valence-corrected chi connectivity index (χ3v) is 1.83. The maximum absolute atomic E-state index is 5.49. The lowest BCUT2D eigenvalue weighted by Crippen LogP contribution is -1.80. The number of furan rings is 1. The van der Waals surface area contributed by atoms with Crippen LogP contribution in [0.15, 0.2) is 39.9 Å². The van der Waals surface area contributed by atoms with Crippen LogP contribution in [0.3, 0.4) is 0 Å². The largest absolute Gasteiger partial charge is 0.455 e. The van der Waals surface area contributed by atoms with E-state index in [9.17, 15) is 0 Å². The minimum atomic E-state index is 0.566. The summed E-state index contributed by atoms with van der Waals surface area (Å²) in [5, 5.41) is 4.81. The van der Waals surface area contributed by atoms with Gasteiger partial charge in [0.2, 0.25) is 0 Å². The molecule has 0 saturated carbocycles. The topological polar surface area (TPSA) is 34.7 Å². The molecule has 0 saturated heterocycles. The summed E-state index contributed by atoms with van der Waals surface area (Å²) in [5.74, 6) is 0.708. The van der Waals surface area contributed by atoms with Crippen molar-refractivity contribution in [3.63, 3.8) is 0 Å². The molecular formula is C11H11NO2. The highest BCUT2D eigenvalue weighted by molar-refractivity contribution is 5.86. The van der Waals surface area contributed by atoms with Crippen LogP contribution in [0.5, 0.6) is 0 Å². The van der Waals surface area contributed by atoms with E-state index >= 15 is 0 Å². The number of nitrogens with zero attached hydrogens (tertiary/aromatic N) is 1. The molecule has 0 aliphatic rings. The molecule has 3 heteroatoms. The summed E-state index contributed by atoms with van der Waals surface area (Å²) in [4.78, 5) is 4.84. The van der Waals surface area contributed by atoms with E-state index in [1.54, 1.807) is 6.21 Å². The van der Waals surface area contributed by atoms with Gasteiger partial charge in [0.25, 0.3) is 0 Å². The second kappa shape index (κ2) is 3.96. The third-order valence-electron chi connectivity index (χ3n) is 1.83. The van der Waals surface area contributed by atoms with Crippen LogP contribution in [0, 0.1) is 0 Å². The molecule has 0 atom stereocenters. The molecule has 0 unspecified atom stereocenters. The van der Waals surface area contributed by atoms with Crippen LogP contribution in [-0.4, -0.2) is 12.8 Å². The molecule has 0 fully saturated rings. The van der Waals surface area contributed by atoms with Gasteiger partial charge in [-0.1, -0.05) is 23.4 Å². The summed E-state index contributed by atoms with van der Waals surface area (Å²) < 4.78 is 5.49. The Labute approximate surface area is 82.0 Å². The van der Waals surface area contributed by atoms with Crippen molar-refractivity contribution in [2.24, 2.45) is 5.16 Å². The van der Waals surface area contributed by atoms with Gasteiger partial charge in [0.15, 0.2) is 0 Å². The second-order valence-corrected chi connectivity index (χ2v) is 2.84. The summed E-state index contributed by atoms with van der Waals surface area (Å²) in [6, 6.07) is 9.76. The summed E-state index contributed by atoms with van der Waals surface area (Å²) in [7, 11) is 0. The van der Waals surface area contributed by atoms with E-state index in [0.717, 1.165) is 11.0 Å². The maximum atomic E-state index is 5.49. The first-order valence-corrected chi connectivity index (χ1v) is 4.54. The van der Waals surface area contributed by atoms with Crippen molar-refractivity contribution in [3.05, 3.63) is 36.1 Å². The number of para-hydroxylation sites is 1. The fraction of sp³-hybridized carbons (Fsp3) is 0.182. The van der Waals surface area contributed by atoms with E-state index < -0.39 is 0 Å². The van der Waals surface area contributed by atoms with Crippen LogP contribution < -0.4 is 0 Å². The molecule has 0 aliphatic carbocycles. The average Bonchev–Trinajstić information content (AvgIpc) is 2.60. The van der Waals surface area contributed by atoms with Gasteiger partial charge in [0, 0.05) is 5.39 Å². The number of rotatable bonds is 3. The normalized spacial score (nSPS) is 11.2. The van der Waals surface area contributed by atoms with Gasteiger partial charge >= 0.3 is 0 Å². The van der Waals surface area contributed by atoms with Gasteiger partial charge < -0.3 is 9.25 Å². The van der Waals surface area contributed by atoms with E-state index in [1.807, 2.05) is 37.3 Å². The molecule has 0 spiro atoms. The summed E-state index contributed by atoms with van der Waals surface area (Å²) >= 11 is 0. The number of fused-ring (bicyclic) bond motifs is 1. The molecule has 0 bridgehead atoms. The van der Waals surface area contributed by atoms with E-state index in [1.165, 1.54) is 0 Å². The molecule has 2 aromatic rings. The van der Waals surface area contributed by atoms with Crippen LogP contribution >= 0.6 is 0 Å². The van der Waals surface area contributed by atoms with Gasteiger partial charge in [0.05, 0.1) is 0 Å². The predicted octanol–water partition coefficient (Wildman–Crippen LogP) is 2.80. The monoisotopic (exact) mass is 189 g/mol. The van der Waals surface area contributed by atoms with E-state index in [2.05, 4.69) is 5.16 Å². The van der Waals surface area contributed by atoms with Gasteiger partial charge in [-0.25, -0.2) is 0 Å². The molecule has 0 amide bonds. The van der Waals surface area contributed by atoms with Crippen molar-refractivity contribution in [2.75, 3.05) is 6.61 Å². The SMILES string of the molecule is CCON=Cc1cc2ccccc2o1.